The Morgan fingerprint density at radius 3 is 2.34 bits per heavy atom. The van der Waals surface area contributed by atoms with E-state index in [4.69, 9.17) is 11.6 Å². The van der Waals surface area contributed by atoms with Crippen LogP contribution in [-0.4, -0.2) is 60.4 Å². The molecule has 2 N–H and O–H groups in total. The van der Waals surface area contributed by atoms with Crippen LogP contribution in [0, 0.1) is 5.82 Å². The highest BCUT2D eigenvalue weighted by molar-refractivity contribution is 6.33. The summed E-state index contributed by atoms with van der Waals surface area (Å²) in [6.45, 7) is 4.84. The first-order valence-corrected chi connectivity index (χ1v) is 9.87. The summed E-state index contributed by atoms with van der Waals surface area (Å²) in [6, 6.07) is 12.5. The number of carbonyl (C=O) groups is 2. The first-order valence-electron chi connectivity index (χ1n) is 9.49. The monoisotopic (exact) mass is 418 g/mol. The van der Waals surface area contributed by atoms with Crippen molar-refractivity contribution in [1.29, 1.82) is 0 Å². The Balaban J connectivity index is 1.44. The largest absolute Gasteiger partial charge is 0.325 e. The van der Waals surface area contributed by atoms with Gasteiger partial charge < -0.3 is 10.6 Å². The molecule has 1 aliphatic heterocycles. The van der Waals surface area contributed by atoms with Crippen molar-refractivity contribution >= 4 is 34.8 Å². The summed E-state index contributed by atoms with van der Waals surface area (Å²) in [5.41, 5.74) is 1.17. The number of amides is 2. The van der Waals surface area contributed by atoms with E-state index in [1.165, 1.54) is 24.3 Å². The van der Waals surface area contributed by atoms with Gasteiger partial charge in [0.25, 0.3) is 0 Å². The van der Waals surface area contributed by atoms with Gasteiger partial charge in [-0.05, 0) is 43.3 Å². The van der Waals surface area contributed by atoms with Crippen molar-refractivity contribution in [2.24, 2.45) is 0 Å². The van der Waals surface area contributed by atoms with Crippen molar-refractivity contribution in [2.75, 3.05) is 43.4 Å². The smallest absolute Gasteiger partial charge is 0.241 e. The summed E-state index contributed by atoms with van der Waals surface area (Å²) >= 11 is 6.07. The lowest BCUT2D eigenvalue weighted by molar-refractivity contribution is -0.122. The number of para-hydroxylation sites is 1. The van der Waals surface area contributed by atoms with Gasteiger partial charge in [0, 0.05) is 31.9 Å². The molecule has 1 heterocycles. The Bertz CT molecular complexity index is 854. The number of piperazine rings is 1. The summed E-state index contributed by atoms with van der Waals surface area (Å²) in [6.07, 6.45) is 0. The molecule has 1 saturated heterocycles. The van der Waals surface area contributed by atoms with Gasteiger partial charge in [-0.15, -0.1) is 0 Å². The number of benzene rings is 2. The minimum absolute atomic E-state index is 0.117. The van der Waals surface area contributed by atoms with E-state index in [2.05, 4.69) is 15.5 Å². The van der Waals surface area contributed by atoms with Gasteiger partial charge in [-0.3, -0.25) is 19.4 Å². The Morgan fingerprint density at radius 2 is 1.69 bits per heavy atom. The first-order chi connectivity index (χ1) is 13.9. The van der Waals surface area contributed by atoms with Crippen molar-refractivity contribution in [3.05, 3.63) is 59.4 Å². The number of anilines is 2. The van der Waals surface area contributed by atoms with E-state index < -0.39 is 0 Å². The second-order valence-electron chi connectivity index (χ2n) is 7.01. The van der Waals surface area contributed by atoms with Crippen LogP contribution < -0.4 is 10.6 Å². The lowest BCUT2D eigenvalue weighted by atomic mass is 10.2. The van der Waals surface area contributed by atoms with Gasteiger partial charge in [0.2, 0.25) is 11.8 Å². The van der Waals surface area contributed by atoms with Gasteiger partial charge in [-0.25, -0.2) is 4.39 Å². The Labute approximate surface area is 174 Å². The van der Waals surface area contributed by atoms with Gasteiger partial charge in [-0.1, -0.05) is 23.7 Å². The van der Waals surface area contributed by atoms with Gasteiger partial charge >= 0.3 is 0 Å². The van der Waals surface area contributed by atoms with Gasteiger partial charge in [0.1, 0.15) is 5.82 Å². The summed E-state index contributed by atoms with van der Waals surface area (Å²) < 4.78 is 13.0. The lowest BCUT2D eigenvalue weighted by Gasteiger charge is -2.37. The molecule has 1 aliphatic rings. The summed E-state index contributed by atoms with van der Waals surface area (Å²) in [5, 5.41) is 6.13. The van der Waals surface area contributed by atoms with Crippen molar-refractivity contribution in [3.63, 3.8) is 0 Å². The van der Waals surface area contributed by atoms with Crippen LogP contribution in [0.1, 0.15) is 6.92 Å². The fraction of sp³-hybridized carbons (Fsp3) is 0.333. The molecule has 0 bridgehead atoms. The normalized spacial score (nSPS) is 16.2. The lowest BCUT2D eigenvalue weighted by Crippen LogP contribution is -2.53. The van der Waals surface area contributed by atoms with Gasteiger partial charge in [0.15, 0.2) is 0 Å². The van der Waals surface area contributed by atoms with E-state index in [-0.39, 0.29) is 30.2 Å². The number of carbonyl (C=O) groups excluding carboxylic acids is 2. The van der Waals surface area contributed by atoms with E-state index in [9.17, 15) is 14.0 Å². The average molecular weight is 419 g/mol. The molecule has 2 aromatic carbocycles. The molecular formula is C21H24ClFN4O2. The number of rotatable bonds is 6. The zero-order chi connectivity index (χ0) is 20.8. The van der Waals surface area contributed by atoms with Crippen molar-refractivity contribution < 1.29 is 14.0 Å². The SMILES string of the molecule is C[C@H](C(=O)Nc1ccc(F)cc1)N1CCN(CC(=O)Nc2ccccc2Cl)CC1. The van der Waals surface area contributed by atoms with E-state index in [1.807, 2.05) is 24.0 Å². The fourth-order valence-electron chi connectivity index (χ4n) is 3.21. The molecule has 0 spiro atoms. The Morgan fingerprint density at radius 1 is 1.03 bits per heavy atom. The van der Waals surface area contributed by atoms with Crippen LogP contribution in [0.2, 0.25) is 5.02 Å². The molecule has 0 aromatic heterocycles. The molecule has 8 heteroatoms. The minimum Gasteiger partial charge on any atom is -0.325 e. The number of nitrogens with one attached hydrogen (secondary N) is 2. The maximum atomic E-state index is 13.0. The summed E-state index contributed by atoms with van der Waals surface area (Å²) in [5.74, 6) is -0.596. The first kappa shape index (κ1) is 21.2. The minimum atomic E-state index is -0.342. The van der Waals surface area contributed by atoms with Crippen LogP contribution in [0.15, 0.2) is 48.5 Å². The van der Waals surface area contributed by atoms with Crippen LogP contribution in [0.25, 0.3) is 0 Å². The highest BCUT2D eigenvalue weighted by atomic mass is 35.5. The van der Waals surface area contributed by atoms with Crippen LogP contribution in [0.5, 0.6) is 0 Å². The molecule has 3 rings (SSSR count). The zero-order valence-corrected chi connectivity index (χ0v) is 17.0. The second kappa shape index (κ2) is 9.82. The van der Waals surface area contributed by atoms with E-state index in [0.29, 0.717) is 42.6 Å². The highest BCUT2D eigenvalue weighted by Crippen LogP contribution is 2.20. The van der Waals surface area contributed by atoms with Crippen LogP contribution in [-0.2, 0) is 9.59 Å². The average Bonchev–Trinajstić information content (AvgIpc) is 2.71. The molecule has 154 valence electrons. The maximum Gasteiger partial charge on any atom is 0.241 e. The fourth-order valence-corrected chi connectivity index (χ4v) is 3.39. The maximum absolute atomic E-state index is 13.0. The zero-order valence-electron chi connectivity index (χ0n) is 16.2. The molecule has 29 heavy (non-hydrogen) atoms. The molecule has 0 unspecified atom stereocenters. The van der Waals surface area contributed by atoms with Crippen LogP contribution >= 0.6 is 11.6 Å². The second-order valence-corrected chi connectivity index (χ2v) is 7.42. The molecular weight excluding hydrogens is 395 g/mol. The van der Waals surface area contributed by atoms with Crippen LogP contribution in [0.3, 0.4) is 0 Å². The molecule has 0 aliphatic carbocycles. The van der Waals surface area contributed by atoms with Crippen molar-refractivity contribution in [2.45, 2.75) is 13.0 Å². The van der Waals surface area contributed by atoms with Gasteiger partial charge in [0.05, 0.1) is 23.3 Å². The summed E-state index contributed by atoms with van der Waals surface area (Å²) in [4.78, 5) is 28.8. The topological polar surface area (TPSA) is 64.7 Å². The number of hydrogen-bond acceptors (Lipinski definition) is 4. The van der Waals surface area contributed by atoms with Crippen molar-refractivity contribution in [3.8, 4) is 0 Å². The number of nitrogens with zero attached hydrogens (tertiary/aromatic N) is 2. The standard InChI is InChI=1S/C21H24ClFN4O2/c1-15(21(29)24-17-8-6-16(23)7-9-17)27-12-10-26(11-13-27)14-20(28)25-19-5-3-2-4-18(19)22/h2-9,15H,10-14H2,1H3,(H,24,29)(H,25,28)/t15-/m1/s1. The highest BCUT2D eigenvalue weighted by Gasteiger charge is 2.26. The third-order valence-electron chi connectivity index (χ3n) is 4.96. The van der Waals surface area contributed by atoms with Gasteiger partial charge in [-0.2, -0.15) is 0 Å². The number of hydrogen-bond donors (Lipinski definition) is 2. The van der Waals surface area contributed by atoms with Crippen LogP contribution in [0.4, 0.5) is 15.8 Å². The predicted octanol–water partition coefficient (Wildman–Crippen LogP) is 3.06. The van der Waals surface area contributed by atoms with Crippen molar-refractivity contribution in [1.82, 2.24) is 9.80 Å². The summed E-state index contributed by atoms with van der Waals surface area (Å²) in [7, 11) is 0. The number of halogens is 2. The quantitative estimate of drug-likeness (QED) is 0.756. The third kappa shape index (κ3) is 6.00. The molecule has 2 aromatic rings. The van der Waals surface area contributed by atoms with E-state index in [0.717, 1.165) is 0 Å². The predicted molar refractivity (Wildman–Crippen MR) is 113 cm³/mol. The molecule has 1 fully saturated rings. The Hall–Kier alpha value is -2.48. The molecule has 0 radical (unpaired) electrons. The molecule has 6 nitrogen and oxygen atoms in total. The van der Waals surface area contributed by atoms with E-state index in [1.54, 1.807) is 12.1 Å². The molecule has 1 atom stereocenters. The Kier molecular flexibility index (Phi) is 7.19. The molecule has 2 amide bonds. The molecule has 0 saturated carbocycles. The third-order valence-corrected chi connectivity index (χ3v) is 5.29. The van der Waals surface area contributed by atoms with E-state index >= 15 is 0 Å².